The molecule has 0 spiro atoms. The number of esters is 1. The zero-order chi connectivity index (χ0) is 17.2. The summed E-state index contributed by atoms with van der Waals surface area (Å²) in [5.74, 6) is -0.564. The highest BCUT2D eigenvalue weighted by Crippen LogP contribution is 2.22. The van der Waals surface area contributed by atoms with Crippen LogP contribution in [0, 0.1) is 20.8 Å². The molecule has 0 saturated heterocycles. The topological polar surface area (TPSA) is 72.5 Å². The lowest BCUT2D eigenvalue weighted by Gasteiger charge is -2.12. The normalized spacial score (nSPS) is 11.1. The molecule has 0 radical (unpaired) electrons. The number of ether oxygens (including phenoxy) is 1. The smallest absolute Gasteiger partial charge is 0.338 e. The molecule has 6 heteroatoms. The summed E-state index contributed by atoms with van der Waals surface area (Å²) in [7, 11) is -2.53. The molecule has 23 heavy (non-hydrogen) atoms. The van der Waals surface area contributed by atoms with E-state index in [1.807, 2.05) is 26.0 Å². The highest BCUT2D eigenvalue weighted by molar-refractivity contribution is 7.92. The molecular formula is C17H19NO4S. The fourth-order valence-corrected chi connectivity index (χ4v) is 3.39. The number of carbonyl (C=O) groups excluding carboxylic acids is 1. The van der Waals surface area contributed by atoms with Gasteiger partial charge in [0.25, 0.3) is 10.0 Å². The van der Waals surface area contributed by atoms with Crippen LogP contribution in [-0.2, 0) is 14.8 Å². The van der Waals surface area contributed by atoms with Crippen molar-refractivity contribution in [3.05, 3.63) is 58.7 Å². The van der Waals surface area contributed by atoms with Crippen LogP contribution in [0.25, 0.3) is 0 Å². The molecule has 0 unspecified atom stereocenters. The summed E-state index contributed by atoms with van der Waals surface area (Å²) >= 11 is 0. The molecule has 1 N–H and O–H groups in total. The molecule has 0 aliphatic rings. The second-order valence-corrected chi connectivity index (χ2v) is 7.07. The van der Waals surface area contributed by atoms with Crippen LogP contribution >= 0.6 is 0 Å². The Labute approximate surface area is 136 Å². The van der Waals surface area contributed by atoms with E-state index in [2.05, 4.69) is 9.46 Å². The molecule has 5 nitrogen and oxygen atoms in total. The van der Waals surface area contributed by atoms with Crippen LogP contribution in [-0.4, -0.2) is 21.5 Å². The van der Waals surface area contributed by atoms with Crippen molar-refractivity contribution < 1.29 is 17.9 Å². The quantitative estimate of drug-likeness (QED) is 0.872. The van der Waals surface area contributed by atoms with Crippen molar-refractivity contribution in [2.24, 2.45) is 0 Å². The van der Waals surface area contributed by atoms with Crippen molar-refractivity contribution in [3.8, 4) is 0 Å². The van der Waals surface area contributed by atoms with E-state index >= 15 is 0 Å². The molecule has 2 aromatic carbocycles. The number of sulfonamides is 1. The number of anilines is 1. The SMILES string of the molecule is COC(=O)c1cc(S(=O)(=O)Nc2ccc(C)cc2C)ccc1C. The monoisotopic (exact) mass is 333 g/mol. The van der Waals surface area contributed by atoms with E-state index in [0.717, 1.165) is 11.1 Å². The summed E-state index contributed by atoms with van der Waals surface area (Å²) in [6.45, 7) is 5.49. The number of nitrogens with one attached hydrogen (secondary N) is 1. The maximum Gasteiger partial charge on any atom is 0.338 e. The first-order chi connectivity index (χ1) is 10.7. The number of hydrogen-bond acceptors (Lipinski definition) is 4. The lowest BCUT2D eigenvalue weighted by atomic mass is 10.1. The van der Waals surface area contributed by atoms with E-state index in [1.54, 1.807) is 19.1 Å². The molecule has 0 heterocycles. The summed E-state index contributed by atoms with van der Waals surface area (Å²) in [5, 5.41) is 0. The van der Waals surface area contributed by atoms with Crippen molar-refractivity contribution in [2.45, 2.75) is 25.7 Å². The van der Waals surface area contributed by atoms with Crippen LogP contribution in [0.5, 0.6) is 0 Å². The predicted octanol–water partition coefficient (Wildman–Crippen LogP) is 3.20. The Balaban J connectivity index is 2.42. The van der Waals surface area contributed by atoms with Gasteiger partial charge in [-0.25, -0.2) is 13.2 Å². The van der Waals surface area contributed by atoms with Gasteiger partial charge in [-0.05, 0) is 50.1 Å². The highest BCUT2D eigenvalue weighted by atomic mass is 32.2. The summed E-state index contributed by atoms with van der Waals surface area (Å²) < 4.78 is 32.3. The van der Waals surface area contributed by atoms with E-state index in [4.69, 9.17) is 0 Å². The first-order valence-corrected chi connectivity index (χ1v) is 8.52. The summed E-state index contributed by atoms with van der Waals surface area (Å²) in [6, 6.07) is 9.83. The molecule has 0 aliphatic carbocycles. The third kappa shape index (κ3) is 3.71. The molecular weight excluding hydrogens is 314 g/mol. The number of carbonyl (C=O) groups is 1. The maximum absolute atomic E-state index is 12.5. The van der Waals surface area contributed by atoms with Crippen LogP contribution in [0.2, 0.25) is 0 Å². The van der Waals surface area contributed by atoms with Crippen molar-refractivity contribution in [2.75, 3.05) is 11.8 Å². The number of benzene rings is 2. The maximum atomic E-state index is 12.5. The predicted molar refractivity (Wildman–Crippen MR) is 89.2 cm³/mol. The van der Waals surface area contributed by atoms with Crippen molar-refractivity contribution in [1.29, 1.82) is 0 Å². The van der Waals surface area contributed by atoms with Gasteiger partial charge in [-0.1, -0.05) is 23.8 Å². The van der Waals surface area contributed by atoms with Crippen LogP contribution in [0.15, 0.2) is 41.3 Å². The summed E-state index contributed by atoms with van der Waals surface area (Å²) in [6.07, 6.45) is 0. The Morgan fingerprint density at radius 3 is 2.30 bits per heavy atom. The van der Waals surface area contributed by atoms with Crippen LogP contribution < -0.4 is 4.72 Å². The minimum Gasteiger partial charge on any atom is -0.465 e. The van der Waals surface area contributed by atoms with Crippen molar-refractivity contribution in [3.63, 3.8) is 0 Å². The van der Waals surface area contributed by atoms with E-state index in [0.29, 0.717) is 11.3 Å². The lowest BCUT2D eigenvalue weighted by Crippen LogP contribution is -2.15. The average molecular weight is 333 g/mol. The van der Waals surface area contributed by atoms with Gasteiger partial charge in [0.15, 0.2) is 0 Å². The molecule has 0 saturated carbocycles. The van der Waals surface area contributed by atoms with Gasteiger partial charge in [-0.2, -0.15) is 0 Å². The van der Waals surface area contributed by atoms with Crippen molar-refractivity contribution >= 4 is 21.7 Å². The number of hydrogen-bond donors (Lipinski definition) is 1. The molecule has 0 atom stereocenters. The molecule has 2 aromatic rings. The zero-order valence-electron chi connectivity index (χ0n) is 13.5. The molecule has 0 aromatic heterocycles. The van der Waals surface area contributed by atoms with Crippen LogP contribution in [0.3, 0.4) is 0 Å². The number of rotatable bonds is 4. The third-order valence-corrected chi connectivity index (χ3v) is 4.91. The van der Waals surface area contributed by atoms with Crippen molar-refractivity contribution in [1.82, 2.24) is 0 Å². The molecule has 0 amide bonds. The van der Waals surface area contributed by atoms with Gasteiger partial charge in [0.2, 0.25) is 0 Å². The minimum atomic E-state index is -3.79. The Bertz CT molecular complexity index is 857. The fourth-order valence-electron chi connectivity index (χ4n) is 2.23. The second-order valence-electron chi connectivity index (χ2n) is 5.39. The summed E-state index contributed by atoms with van der Waals surface area (Å²) in [4.78, 5) is 11.7. The first-order valence-electron chi connectivity index (χ1n) is 7.03. The average Bonchev–Trinajstić information content (AvgIpc) is 2.49. The van der Waals surface area contributed by atoms with Crippen LogP contribution in [0.1, 0.15) is 27.0 Å². The first kappa shape index (κ1) is 17.0. The minimum absolute atomic E-state index is 0.0171. The Morgan fingerprint density at radius 2 is 1.70 bits per heavy atom. The standard InChI is InChI=1S/C17H19NO4S/c1-11-5-8-16(13(3)9-11)18-23(20,21)14-7-6-12(2)15(10-14)17(19)22-4/h5-10,18H,1-4H3. The Kier molecular flexibility index (Phi) is 4.75. The van der Waals surface area contributed by atoms with Gasteiger partial charge in [-0.3, -0.25) is 4.72 Å². The second kappa shape index (κ2) is 6.42. The van der Waals surface area contributed by atoms with Gasteiger partial charge in [0.05, 0.1) is 23.3 Å². The molecule has 0 aliphatic heterocycles. The zero-order valence-corrected chi connectivity index (χ0v) is 14.3. The molecule has 0 fully saturated rings. The number of aryl methyl sites for hydroxylation is 3. The number of methoxy groups -OCH3 is 1. The van der Waals surface area contributed by atoms with Crippen LogP contribution in [0.4, 0.5) is 5.69 Å². The van der Waals surface area contributed by atoms with E-state index < -0.39 is 16.0 Å². The van der Waals surface area contributed by atoms with E-state index in [9.17, 15) is 13.2 Å². The lowest BCUT2D eigenvalue weighted by molar-refractivity contribution is 0.0599. The van der Waals surface area contributed by atoms with Gasteiger partial charge in [0.1, 0.15) is 0 Å². The molecule has 2 rings (SSSR count). The van der Waals surface area contributed by atoms with E-state index in [-0.39, 0.29) is 10.5 Å². The van der Waals surface area contributed by atoms with Gasteiger partial charge in [-0.15, -0.1) is 0 Å². The Hall–Kier alpha value is -2.34. The summed E-state index contributed by atoms with van der Waals surface area (Å²) in [5.41, 5.74) is 3.27. The third-order valence-electron chi connectivity index (χ3n) is 3.55. The van der Waals surface area contributed by atoms with Gasteiger partial charge in [0, 0.05) is 0 Å². The van der Waals surface area contributed by atoms with Gasteiger partial charge < -0.3 is 4.74 Å². The highest BCUT2D eigenvalue weighted by Gasteiger charge is 2.19. The van der Waals surface area contributed by atoms with Gasteiger partial charge >= 0.3 is 5.97 Å². The Morgan fingerprint density at radius 1 is 1.00 bits per heavy atom. The largest absolute Gasteiger partial charge is 0.465 e. The molecule has 0 bridgehead atoms. The fraction of sp³-hybridized carbons (Fsp3) is 0.235. The van der Waals surface area contributed by atoms with E-state index in [1.165, 1.54) is 19.2 Å². The molecule has 122 valence electrons.